The number of aromatic amines is 2. The minimum absolute atomic E-state index is 0.0755. The van der Waals surface area contributed by atoms with Crippen molar-refractivity contribution in [1.82, 2.24) is 25.5 Å². The number of para-hydroxylation sites is 2. The molecule has 2 heterocycles. The Labute approximate surface area is 167 Å². The van der Waals surface area contributed by atoms with E-state index >= 15 is 0 Å². The molecule has 148 valence electrons. The number of imidazole rings is 1. The van der Waals surface area contributed by atoms with Gasteiger partial charge in [0.2, 0.25) is 5.91 Å². The third-order valence-corrected chi connectivity index (χ3v) is 4.88. The van der Waals surface area contributed by atoms with E-state index in [-0.39, 0.29) is 23.9 Å². The summed E-state index contributed by atoms with van der Waals surface area (Å²) in [7, 11) is 0. The molecule has 2 aromatic heterocycles. The van der Waals surface area contributed by atoms with Crippen LogP contribution < -0.4 is 10.9 Å². The van der Waals surface area contributed by atoms with Crippen molar-refractivity contribution >= 4 is 27.7 Å². The first-order valence-corrected chi connectivity index (χ1v) is 9.71. The molecular weight excluding hydrogens is 366 g/mol. The monoisotopic (exact) mass is 389 g/mol. The van der Waals surface area contributed by atoms with Gasteiger partial charge in [-0.05, 0) is 30.5 Å². The van der Waals surface area contributed by atoms with E-state index in [9.17, 15) is 9.59 Å². The molecule has 0 saturated heterocycles. The van der Waals surface area contributed by atoms with Crippen LogP contribution in [0.3, 0.4) is 0 Å². The predicted molar refractivity (Wildman–Crippen MR) is 113 cm³/mol. The van der Waals surface area contributed by atoms with Crippen LogP contribution >= 0.6 is 0 Å². The van der Waals surface area contributed by atoms with E-state index in [0.717, 1.165) is 23.3 Å². The van der Waals surface area contributed by atoms with Gasteiger partial charge >= 0.3 is 0 Å². The first-order chi connectivity index (χ1) is 14.0. The van der Waals surface area contributed by atoms with Gasteiger partial charge in [-0.1, -0.05) is 44.2 Å². The molecule has 1 amide bonds. The molecule has 0 aliphatic carbocycles. The van der Waals surface area contributed by atoms with Crippen LogP contribution in [-0.2, 0) is 11.2 Å². The molecule has 1 unspecified atom stereocenters. The summed E-state index contributed by atoms with van der Waals surface area (Å²) in [5, 5.41) is 10.9. The molecule has 0 radical (unpaired) electrons. The van der Waals surface area contributed by atoms with Crippen LogP contribution in [0.2, 0.25) is 0 Å². The molecule has 2 aromatic carbocycles. The maximum Gasteiger partial charge on any atom is 0.272 e. The van der Waals surface area contributed by atoms with E-state index in [4.69, 9.17) is 0 Å². The number of hydrogen-bond donors (Lipinski definition) is 3. The summed E-state index contributed by atoms with van der Waals surface area (Å²) < 4.78 is 0. The summed E-state index contributed by atoms with van der Waals surface area (Å²) in [5.74, 6) is 0.953. The number of H-pyrrole nitrogens is 2. The number of nitrogens with one attached hydrogen (secondary N) is 3. The summed E-state index contributed by atoms with van der Waals surface area (Å²) in [6, 6.07) is 14.7. The Morgan fingerprint density at radius 1 is 1.07 bits per heavy atom. The van der Waals surface area contributed by atoms with Crippen LogP contribution in [0, 0.1) is 5.92 Å². The molecule has 7 heteroatoms. The fraction of sp³-hybridized carbons (Fsp3) is 0.273. The van der Waals surface area contributed by atoms with E-state index in [1.165, 1.54) is 0 Å². The van der Waals surface area contributed by atoms with Gasteiger partial charge in [-0.3, -0.25) is 9.59 Å². The highest BCUT2D eigenvalue weighted by Crippen LogP contribution is 2.22. The van der Waals surface area contributed by atoms with Crippen molar-refractivity contribution in [1.29, 1.82) is 0 Å². The molecule has 3 N–H and O–H groups in total. The highest BCUT2D eigenvalue weighted by molar-refractivity contribution is 5.88. The van der Waals surface area contributed by atoms with Crippen molar-refractivity contribution in [3.05, 3.63) is 70.4 Å². The summed E-state index contributed by atoms with van der Waals surface area (Å²) in [6.07, 6.45) is 0.831. The lowest BCUT2D eigenvalue weighted by Crippen LogP contribution is -2.32. The third kappa shape index (κ3) is 4.03. The van der Waals surface area contributed by atoms with Gasteiger partial charge in [0, 0.05) is 5.39 Å². The van der Waals surface area contributed by atoms with Gasteiger partial charge in [0.1, 0.15) is 5.82 Å². The number of fused-ring (bicyclic) bond motifs is 2. The third-order valence-electron chi connectivity index (χ3n) is 4.88. The molecule has 0 aliphatic heterocycles. The van der Waals surface area contributed by atoms with Gasteiger partial charge in [-0.2, -0.15) is 5.10 Å². The highest BCUT2D eigenvalue weighted by atomic mass is 16.1. The zero-order valence-electron chi connectivity index (χ0n) is 16.4. The van der Waals surface area contributed by atoms with Gasteiger partial charge in [0.05, 0.1) is 34.6 Å². The van der Waals surface area contributed by atoms with Crippen LogP contribution in [0.1, 0.15) is 37.8 Å². The summed E-state index contributed by atoms with van der Waals surface area (Å²) in [5.41, 5.74) is 2.10. The molecular formula is C22H23N5O2. The predicted octanol–water partition coefficient (Wildman–Crippen LogP) is 3.25. The Morgan fingerprint density at radius 2 is 1.79 bits per heavy atom. The summed E-state index contributed by atoms with van der Waals surface area (Å²) in [6.45, 7) is 4.22. The topological polar surface area (TPSA) is 104 Å². The van der Waals surface area contributed by atoms with E-state index in [1.807, 2.05) is 36.4 Å². The van der Waals surface area contributed by atoms with Crippen LogP contribution in [0.25, 0.3) is 21.8 Å². The van der Waals surface area contributed by atoms with Crippen LogP contribution in [0.4, 0.5) is 0 Å². The number of benzene rings is 2. The number of nitrogens with zero attached hydrogens (tertiary/aromatic N) is 2. The SMILES string of the molecule is CC(C)CC(NC(=O)Cc1n[nH]c(=O)c2ccccc12)c1nc2ccccc2[nH]1. The Bertz CT molecular complexity index is 1190. The van der Waals surface area contributed by atoms with Gasteiger partial charge in [0.25, 0.3) is 5.56 Å². The maximum absolute atomic E-state index is 12.8. The maximum atomic E-state index is 12.8. The molecule has 4 rings (SSSR count). The van der Waals surface area contributed by atoms with Gasteiger partial charge < -0.3 is 10.3 Å². The second kappa shape index (κ2) is 7.87. The highest BCUT2D eigenvalue weighted by Gasteiger charge is 2.21. The smallest absolute Gasteiger partial charge is 0.272 e. The van der Waals surface area contributed by atoms with E-state index in [1.54, 1.807) is 12.1 Å². The normalized spacial score (nSPS) is 12.5. The summed E-state index contributed by atoms with van der Waals surface area (Å²) in [4.78, 5) is 32.8. The lowest BCUT2D eigenvalue weighted by molar-refractivity contribution is -0.121. The second-order valence-corrected chi connectivity index (χ2v) is 7.61. The minimum atomic E-state index is -0.260. The number of hydrogen-bond acceptors (Lipinski definition) is 4. The van der Waals surface area contributed by atoms with Crippen LogP contribution in [0.5, 0.6) is 0 Å². The molecule has 4 aromatic rings. The first-order valence-electron chi connectivity index (χ1n) is 9.71. The molecule has 0 saturated carbocycles. The Kier molecular flexibility index (Phi) is 5.12. The molecule has 0 aliphatic rings. The minimum Gasteiger partial charge on any atom is -0.346 e. The molecule has 0 spiro atoms. The number of aromatic nitrogens is 4. The van der Waals surface area contributed by atoms with Gasteiger partial charge in [-0.25, -0.2) is 10.1 Å². The van der Waals surface area contributed by atoms with Crippen LogP contribution in [-0.4, -0.2) is 26.1 Å². The Morgan fingerprint density at radius 3 is 2.55 bits per heavy atom. The molecule has 29 heavy (non-hydrogen) atoms. The first kappa shape index (κ1) is 18.9. The molecule has 7 nitrogen and oxygen atoms in total. The zero-order chi connectivity index (χ0) is 20.4. The van der Waals surface area contributed by atoms with E-state index in [0.29, 0.717) is 22.4 Å². The van der Waals surface area contributed by atoms with Crippen molar-refractivity contribution in [3.8, 4) is 0 Å². The molecule has 0 bridgehead atoms. The van der Waals surface area contributed by atoms with Crippen molar-refractivity contribution in [3.63, 3.8) is 0 Å². The lowest BCUT2D eigenvalue weighted by atomic mass is 10.0. The van der Waals surface area contributed by atoms with E-state index < -0.39 is 0 Å². The van der Waals surface area contributed by atoms with E-state index in [2.05, 4.69) is 39.3 Å². The van der Waals surface area contributed by atoms with Crippen LogP contribution in [0.15, 0.2) is 53.3 Å². The molecule has 1 atom stereocenters. The fourth-order valence-corrected chi connectivity index (χ4v) is 3.55. The van der Waals surface area contributed by atoms with Crippen molar-refractivity contribution < 1.29 is 4.79 Å². The quantitative estimate of drug-likeness (QED) is 0.471. The van der Waals surface area contributed by atoms with Crippen molar-refractivity contribution in [2.24, 2.45) is 5.92 Å². The average molecular weight is 389 g/mol. The van der Waals surface area contributed by atoms with Gasteiger partial charge in [-0.15, -0.1) is 0 Å². The number of carbonyl (C=O) groups is 1. The summed E-state index contributed by atoms with van der Waals surface area (Å²) >= 11 is 0. The standard InChI is InChI=1S/C22H23N5O2/c1-13(2)11-19(21-24-16-9-5-6-10-17(16)25-21)23-20(28)12-18-14-7-3-4-8-15(14)22(29)27-26-18/h3-10,13,19H,11-12H2,1-2H3,(H,23,28)(H,24,25)(H,27,29). The van der Waals surface area contributed by atoms with Gasteiger partial charge in [0.15, 0.2) is 0 Å². The zero-order valence-corrected chi connectivity index (χ0v) is 16.4. The number of carbonyl (C=O) groups excluding carboxylic acids is 1. The fourth-order valence-electron chi connectivity index (χ4n) is 3.55. The average Bonchev–Trinajstić information content (AvgIpc) is 3.14. The number of amides is 1. The van der Waals surface area contributed by atoms with Crippen molar-refractivity contribution in [2.45, 2.75) is 32.7 Å². The second-order valence-electron chi connectivity index (χ2n) is 7.61. The molecule has 0 fully saturated rings. The number of rotatable bonds is 6. The Balaban J connectivity index is 1.59. The van der Waals surface area contributed by atoms with Crippen molar-refractivity contribution in [2.75, 3.05) is 0 Å². The Hall–Kier alpha value is -3.48. The largest absolute Gasteiger partial charge is 0.346 e. The lowest BCUT2D eigenvalue weighted by Gasteiger charge is -2.19.